The quantitative estimate of drug-likeness (QED) is 0.815. The van der Waals surface area contributed by atoms with Crippen LogP contribution in [0.2, 0.25) is 0 Å². The van der Waals surface area contributed by atoms with Crippen LogP contribution < -0.4 is 10.5 Å². The number of anilines is 1. The Balaban J connectivity index is 2.31. The number of hydrogen-bond acceptors (Lipinski definition) is 3. The maximum atomic E-state index is 13.3. The van der Waals surface area contributed by atoms with Gasteiger partial charge in [0.05, 0.1) is 11.9 Å². The van der Waals surface area contributed by atoms with Crippen molar-refractivity contribution >= 4 is 5.69 Å². The third-order valence-corrected chi connectivity index (χ3v) is 2.15. The number of halogens is 2. The summed E-state index contributed by atoms with van der Waals surface area (Å²) in [5, 5.41) is 0. The van der Waals surface area contributed by atoms with E-state index in [1.807, 2.05) is 6.92 Å². The summed E-state index contributed by atoms with van der Waals surface area (Å²) in [4.78, 5) is 3.51. The number of rotatable bonds is 2. The van der Waals surface area contributed by atoms with E-state index in [2.05, 4.69) is 4.98 Å². The average Bonchev–Trinajstić information content (AvgIpc) is 2.25. The van der Waals surface area contributed by atoms with E-state index >= 15 is 0 Å². The number of ether oxygens (including phenoxy) is 1. The maximum Gasteiger partial charge on any atom is 0.256 e. The van der Waals surface area contributed by atoms with Gasteiger partial charge in [-0.3, -0.25) is 0 Å². The summed E-state index contributed by atoms with van der Waals surface area (Å²) in [5.74, 6) is -1.65. The van der Waals surface area contributed by atoms with Gasteiger partial charge in [0.1, 0.15) is 5.82 Å². The molecule has 0 aliphatic carbocycles. The van der Waals surface area contributed by atoms with Crippen molar-refractivity contribution in [2.75, 3.05) is 5.73 Å². The van der Waals surface area contributed by atoms with Gasteiger partial charge in [-0.05, 0) is 24.6 Å². The van der Waals surface area contributed by atoms with Gasteiger partial charge in [-0.2, -0.15) is 0 Å². The fourth-order valence-electron chi connectivity index (χ4n) is 1.34. The second-order valence-electron chi connectivity index (χ2n) is 3.58. The Hall–Kier alpha value is -2.17. The zero-order valence-corrected chi connectivity index (χ0v) is 9.08. The first-order valence-electron chi connectivity index (χ1n) is 4.91. The number of pyridine rings is 1. The third-order valence-electron chi connectivity index (χ3n) is 2.15. The Morgan fingerprint density at radius 3 is 2.65 bits per heavy atom. The Bertz CT molecular complexity index is 509. The van der Waals surface area contributed by atoms with Crippen LogP contribution in [0.15, 0.2) is 30.5 Å². The van der Waals surface area contributed by atoms with E-state index in [-0.39, 0.29) is 11.6 Å². The fraction of sp³-hybridized carbons (Fsp3) is 0.0833. The molecule has 0 saturated carbocycles. The van der Waals surface area contributed by atoms with E-state index < -0.39 is 11.6 Å². The van der Waals surface area contributed by atoms with Crippen LogP contribution in [-0.4, -0.2) is 4.98 Å². The van der Waals surface area contributed by atoms with E-state index in [0.717, 1.165) is 11.8 Å². The maximum absolute atomic E-state index is 13.3. The van der Waals surface area contributed by atoms with Crippen molar-refractivity contribution in [2.24, 2.45) is 0 Å². The number of nitrogens with two attached hydrogens (primary N) is 1. The molecule has 5 heteroatoms. The molecule has 1 aromatic carbocycles. The van der Waals surface area contributed by atoms with E-state index in [4.69, 9.17) is 10.5 Å². The van der Waals surface area contributed by atoms with Crippen LogP contribution in [0.3, 0.4) is 0 Å². The molecule has 3 nitrogen and oxygen atoms in total. The molecule has 0 saturated heterocycles. The highest BCUT2D eigenvalue weighted by Gasteiger charge is 2.09. The minimum Gasteiger partial charge on any atom is -0.434 e. The molecule has 2 rings (SSSR count). The van der Waals surface area contributed by atoms with Gasteiger partial charge >= 0.3 is 0 Å². The number of nitrogen functional groups attached to an aromatic ring is 1. The van der Waals surface area contributed by atoms with Crippen molar-refractivity contribution in [3.63, 3.8) is 0 Å². The van der Waals surface area contributed by atoms with Crippen LogP contribution in [-0.2, 0) is 0 Å². The summed E-state index contributed by atoms with van der Waals surface area (Å²) in [7, 11) is 0. The van der Waals surface area contributed by atoms with Crippen molar-refractivity contribution in [3.05, 3.63) is 47.7 Å². The SMILES string of the molecule is Cc1ccc(Oc2ncc(F)cc2F)c(N)c1. The van der Waals surface area contributed by atoms with E-state index in [0.29, 0.717) is 11.8 Å². The lowest BCUT2D eigenvalue weighted by atomic mass is 10.2. The van der Waals surface area contributed by atoms with Crippen LogP contribution in [0, 0.1) is 18.6 Å². The summed E-state index contributed by atoms with van der Waals surface area (Å²) in [5.41, 5.74) is 7.03. The van der Waals surface area contributed by atoms with E-state index in [1.54, 1.807) is 18.2 Å². The van der Waals surface area contributed by atoms with E-state index in [9.17, 15) is 8.78 Å². The highest BCUT2D eigenvalue weighted by molar-refractivity contribution is 5.55. The smallest absolute Gasteiger partial charge is 0.256 e. The van der Waals surface area contributed by atoms with Crippen molar-refractivity contribution in [3.8, 4) is 11.6 Å². The Morgan fingerprint density at radius 1 is 1.24 bits per heavy atom. The van der Waals surface area contributed by atoms with Gasteiger partial charge < -0.3 is 10.5 Å². The first-order valence-corrected chi connectivity index (χ1v) is 4.91. The molecule has 1 heterocycles. The molecule has 88 valence electrons. The first kappa shape index (κ1) is 11.3. The van der Waals surface area contributed by atoms with Gasteiger partial charge in [0, 0.05) is 6.07 Å². The lowest BCUT2D eigenvalue weighted by Gasteiger charge is -2.08. The lowest BCUT2D eigenvalue weighted by Crippen LogP contribution is -1.97. The molecule has 1 aromatic heterocycles. The average molecular weight is 236 g/mol. The molecule has 0 spiro atoms. The molecule has 0 aliphatic rings. The van der Waals surface area contributed by atoms with Gasteiger partial charge in [-0.15, -0.1) is 0 Å². The molecule has 0 atom stereocenters. The number of aryl methyl sites for hydroxylation is 1. The minimum absolute atomic E-state index is 0.286. The molecule has 0 aliphatic heterocycles. The van der Waals surface area contributed by atoms with Crippen LogP contribution in [0.5, 0.6) is 11.6 Å². The van der Waals surface area contributed by atoms with Gasteiger partial charge in [0.25, 0.3) is 5.88 Å². The van der Waals surface area contributed by atoms with E-state index in [1.165, 1.54) is 0 Å². The monoisotopic (exact) mass is 236 g/mol. The summed E-state index contributed by atoms with van der Waals surface area (Å²) in [6.45, 7) is 1.87. The van der Waals surface area contributed by atoms with Crippen LogP contribution >= 0.6 is 0 Å². The fourth-order valence-corrected chi connectivity index (χ4v) is 1.34. The molecular formula is C12H10F2N2O. The van der Waals surface area contributed by atoms with Gasteiger partial charge in [0.15, 0.2) is 11.6 Å². The molecule has 2 N–H and O–H groups in total. The molecule has 0 bridgehead atoms. The summed E-state index contributed by atoms with van der Waals surface area (Å²) < 4.78 is 31.1. The summed E-state index contributed by atoms with van der Waals surface area (Å²) in [6, 6.07) is 5.77. The minimum atomic E-state index is -0.870. The van der Waals surface area contributed by atoms with Gasteiger partial charge in [-0.1, -0.05) is 6.07 Å². The Morgan fingerprint density at radius 2 is 2.00 bits per heavy atom. The number of aromatic nitrogens is 1. The van der Waals surface area contributed by atoms with Crippen molar-refractivity contribution in [1.29, 1.82) is 0 Å². The lowest BCUT2D eigenvalue weighted by molar-refractivity contribution is 0.418. The zero-order valence-electron chi connectivity index (χ0n) is 9.08. The standard InChI is InChI=1S/C12H10F2N2O/c1-7-2-3-11(10(15)4-7)17-12-9(14)5-8(13)6-16-12/h2-6H,15H2,1H3. The summed E-state index contributed by atoms with van der Waals surface area (Å²) >= 11 is 0. The second kappa shape index (κ2) is 4.37. The second-order valence-corrected chi connectivity index (χ2v) is 3.58. The first-order chi connectivity index (χ1) is 8.06. The Labute approximate surface area is 96.9 Å². The largest absolute Gasteiger partial charge is 0.434 e. The van der Waals surface area contributed by atoms with Crippen molar-refractivity contribution in [1.82, 2.24) is 4.98 Å². The molecule has 2 aromatic rings. The third kappa shape index (κ3) is 2.50. The molecular weight excluding hydrogens is 226 g/mol. The van der Waals surface area contributed by atoms with Crippen LogP contribution in [0.1, 0.15) is 5.56 Å². The van der Waals surface area contributed by atoms with Gasteiger partial charge in [-0.25, -0.2) is 13.8 Å². The highest BCUT2D eigenvalue weighted by Crippen LogP contribution is 2.28. The number of benzene rings is 1. The zero-order chi connectivity index (χ0) is 12.4. The molecule has 17 heavy (non-hydrogen) atoms. The van der Waals surface area contributed by atoms with Crippen LogP contribution in [0.4, 0.5) is 14.5 Å². The number of hydrogen-bond donors (Lipinski definition) is 1. The van der Waals surface area contributed by atoms with Crippen molar-refractivity contribution < 1.29 is 13.5 Å². The molecule has 0 unspecified atom stereocenters. The number of nitrogens with zero attached hydrogens (tertiary/aromatic N) is 1. The molecule has 0 amide bonds. The highest BCUT2D eigenvalue weighted by atomic mass is 19.1. The summed E-state index contributed by atoms with van der Waals surface area (Å²) in [6.07, 6.45) is 0.878. The van der Waals surface area contributed by atoms with Crippen LogP contribution in [0.25, 0.3) is 0 Å². The predicted molar refractivity (Wildman–Crippen MR) is 59.8 cm³/mol. The Kier molecular flexibility index (Phi) is 2.91. The van der Waals surface area contributed by atoms with Gasteiger partial charge in [0.2, 0.25) is 0 Å². The topological polar surface area (TPSA) is 48.1 Å². The normalized spacial score (nSPS) is 10.3. The van der Waals surface area contributed by atoms with Crippen molar-refractivity contribution in [2.45, 2.75) is 6.92 Å². The molecule has 0 radical (unpaired) electrons. The molecule has 0 fully saturated rings. The predicted octanol–water partition coefficient (Wildman–Crippen LogP) is 3.04.